The maximum absolute atomic E-state index is 13.0. The van der Waals surface area contributed by atoms with Gasteiger partial charge in [0.1, 0.15) is 17.0 Å². The lowest BCUT2D eigenvalue weighted by Gasteiger charge is -2.03. The SMILES string of the molecule is O=C(Nc1csc(C=Cc2ccc(F)cc2)c1C(=O)O)c1cc2ccccc2o1. The number of carbonyl (C=O) groups excluding carboxylic acids is 1. The molecule has 2 aromatic heterocycles. The summed E-state index contributed by atoms with van der Waals surface area (Å²) in [6.45, 7) is 0. The van der Waals surface area contributed by atoms with Crippen molar-refractivity contribution in [3.05, 3.63) is 87.6 Å². The van der Waals surface area contributed by atoms with Gasteiger partial charge >= 0.3 is 5.97 Å². The number of thiophene rings is 1. The van der Waals surface area contributed by atoms with Crippen molar-refractivity contribution in [3.63, 3.8) is 0 Å². The standard InChI is InChI=1S/C22H14FNO4S/c23-15-8-5-13(6-9-15)7-10-19-20(22(26)27)16(12-29-19)24-21(25)18-11-14-3-1-2-4-17(14)28-18/h1-12H,(H,24,25)(H,26,27). The van der Waals surface area contributed by atoms with Gasteiger partial charge in [0.25, 0.3) is 5.91 Å². The van der Waals surface area contributed by atoms with Crippen LogP contribution in [-0.4, -0.2) is 17.0 Å². The first-order valence-corrected chi connectivity index (χ1v) is 9.47. The maximum atomic E-state index is 13.0. The average Bonchev–Trinajstić information content (AvgIpc) is 3.31. The highest BCUT2D eigenvalue weighted by Gasteiger charge is 2.20. The van der Waals surface area contributed by atoms with Crippen LogP contribution in [0.4, 0.5) is 10.1 Å². The zero-order valence-electron chi connectivity index (χ0n) is 14.9. The van der Waals surface area contributed by atoms with E-state index in [1.165, 1.54) is 23.5 Å². The molecule has 0 unspecified atom stereocenters. The second-order valence-corrected chi connectivity index (χ2v) is 7.09. The molecule has 0 bridgehead atoms. The molecule has 0 spiro atoms. The molecule has 2 N–H and O–H groups in total. The molecule has 4 aromatic rings. The van der Waals surface area contributed by atoms with E-state index in [1.54, 1.807) is 47.9 Å². The summed E-state index contributed by atoms with van der Waals surface area (Å²) in [5, 5.41) is 14.6. The van der Waals surface area contributed by atoms with Gasteiger partial charge in [-0.1, -0.05) is 36.4 Å². The van der Waals surface area contributed by atoms with Gasteiger partial charge in [0.15, 0.2) is 5.76 Å². The number of rotatable bonds is 5. The number of fused-ring (bicyclic) bond motifs is 1. The van der Waals surface area contributed by atoms with Crippen LogP contribution in [0.2, 0.25) is 0 Å². The molecule has 5 nitrogen and oxygen atoms in total. The first-order chi connectivity index (χ1) is 14.0. The van der Waals surface area contributed by atoms with Crippen LogP contribution in [0.3, 0.4) is 0 Å². The number of furan rings is 1. The third kappa shape index (κ3) is 3.95. The highest BCUT2D eigenvalue weighted by molar-refractivity contribution is 7.12. The minimum absolute atomic E-state index is 0.0159. The number of carboxylic acids is 1. The number of amides is 1. The molecule has 0 saturated heterocycles. The summed E-state index contributed by atoms with van der Waals surface area (Å²) in [5.74, 6) is -1.95. The van der Waals surface area contributed by atoms with Crippen molar-refractivity contribution in [1.29, 1.82) is 0 Å². The maximum Gasteiger partial charge on any atom is 0.339 e. The molecule has 0 aliphatic heterocycles. The number of para-hydroxylation sites is 1. The van der Waals surface area contributed by atoms with E-state index in [0.717, 1.165) is 10.9 Å². The highest BCUT2D eigenvalue weighted by Crippen LogP contribution is 2.30. The predicted octanol–water partition coefficient (Wildman–Crippen LogP) is 5.75. The smallest absolute Gasteiger partial charge is 0.339 e. The average molecular weight is 407 g/mol. The first kappa shape index (κ1) is 18.6. The molecule has 2 heterocycles. The van der Waals surface area contributed by atoms with Crippen LogP contribution in [0, 0.1) is 5.82 Å². The van der Waals surface area contributed by atoms with Gasteiger partial charge in [-0.15, -0.1) is 11.3 Å². The summed E-state index contributed by atoms with van der Waals surface area (Å²) in [4.78, 5) is 24.8. The Morgan fingerprint density at radius 1 is 1.07 bits per heavy atom. The molecule has 4 rings (SSSR count). The molecule has 0 aliphatic rings. The fourth-order valence-electron chi connectivity index (χ4n) is 2.83. The van der Waals surface area contributed by atoms with Gasteiger partial charge in [-0.3, -0.25) is 4.79 Å². The molecule has 2 aromatic carbocycles. The number of carbonyl (C=O) groups is 2. The fraction of sp³-hybridized carbons (Fsp3) is 0. The Hall–Kier alpha value is -3.71. The second kappa shape index (κ2) is 7.73. The van der Waals surface area contributed by atoms with Crippen LogP contribution in [-0.2, 0) is 0 Å². The summed E-state index contributed by atoms with van der Waals surface area (Å²) in [7, 11) is 0. The predicted molar refractivity (Wildman–Crippen MR) is 111 cm³/mol. The third-order valence-corrected chi connectivity index (χ3v) is 5.18. The molecule has 0 fully saturated rings. The van der Waals surface area contributed by atoms with E-state index in [4.69, 9.17) is 4.42 Å². The van der Waals surface area contributed by atoms with Crippen molar-refractivity contribution < 1.29 is 23.5 Å². The minimum atomic E-state index is -1.16. The Kier molecular flexibility index (Phi) is 4.97. The molecule has 0 saturated carbocycles. The van der Waals surface area contributed by atoms with Crippen LogP contribution >= 0.6 is 11.3 Å². The van der Waals surface area contributed by atoms with Gasteiger partial charge in [0, 0.05) is 15.6 Å². The minimum Gasteiger partial charge on any atom is -0.478 e. The molecule has 1 amide bonds. The van der Waals surface area contributed by atoms with Gasteiger partial charge in [-0.05, 0) is 35.9 Å². The fourth-order valence-corrected chi connectivity index (χ4v) is 3.71. The molecular formula is C22H14FNO4S. The van der Waals surface area contributed by atoms with Crippen LogP contribution in [0.25, 0.3) is 23.1 Å². The lowest BCUT2D eigenvalue weighted by Crippen LogP contribution is -2.13. The lowest BCUT2D eigenvalue weighted by molar-refractivity contribution is 0.0698. The molecule has 0 aliphatic carbocycles. The topological polar surface area (TPSA) is 79.5 Å². The number of nitrogens with one attached hydrogen (secondary N) is 1. The Balaban J connectivity index is 1.59. The summed E-state index contributed by atoms with van der Waals surface area (Å²) in [5.41, 5.74) is 1.47. The summed E-state index contributed by atoms with van der Waals surface area (Å²) in [6, 6.07) is 14.6. The van der Waals surface area contributed by atoms with Gasteiger partial charge < -0.3 is 14.8 Å². The van der Waals surface area contributed by atoms with E-state index in [0.29, 0.717) is 10.5 Å². The largest absolute Gasteiger partial charge is 0.478 e. The van der Waals surface area contributed by atoms with Gasteiger partial charge in [0.2, 0.25) is 0 Å². The zero-order valence-corrected chi connectivity index (χ0v) is 15.7. The number of hydrogen-bond acceptors (Lipinski definition) is 4. The molecule has 0 atom stereocenters. The Labute approximate surface area is 168 Å². The molecule has 7 heteroatoms. The number of benzene rings is 2. The summed E-state index contributed by atoms with van der Waals surface area (Å²) < 4.78 is 18.5. The molecule has 144 valence electrons. The van der Waals surface area contributed by atoms with Gasteiger partial charge in [0.05, 0.1) is 5.69 Å². The number of hydrogen-bond donors (Lipinski definition) is 2. The van der Waals surface area contributed by atoms with Crippen LogP contribution in [0.15, 0.2) is 64.4 Å². The van der Waals surface area contributed by atoms with E-state index in [-0.39, 0.29) is 22.8 Å². The van der Waals surface area contributed by atoms with Gasteiger partial charge in [-0.2, -0.15) is 0 Å². The molecule has 0 radical (unpaired) electrons. The number of halogens is 1. The van der Waals surface area contributed by atoms with E-state index in [2.05, 4.69) is 5.32 Å². The quantitative estimate of drug-likeness (QED) is 0.441. The summed E-state index contributed by atoms with van der Waals surface area (Å²) in [6.07, 6.45) is 3.31. The Bertz CT molecular complexity index is 1200. The van der Waals surface area contributed by atoms with Crippen LogP contribution in [0.5, 0.6) is 0 Å². The van der Waals surface area contributed by atoms with Crippen molar-refractivity contribution in [3.8, 4) is 0 Å². The normalized spacial score (nSPS) is 11.2. The van der Waals surface area contributed by atoms with Crippen LogP contribution in [0.1, 0.15) is 31.4 Å². The Morgan fingerprint density at radius 2 is 1.83 bits per heavy atom. The van der Waals surface area contributed by atoms with Gasteiger partial charge in [-0.25, -0.2) is 9.18 Å². The van der Waals surface area contributed by atoms with E-state index in [9.17, 15) is 19.1 Å². The summed E-state index contributed by atoms with van der Waals surface area (Å²) >= 11 is 1.18. The zero-order chi connectivity index (χ0) is 20.4. The second-order valence-electron chi connectivity index (χ2n) is 6.18. The van der Waals surface area contributed by atoms with Crippen molar-refractivity contribution >= 4 is 52.0 Å². The van der Waals surface area contributed by atoms with Crippen molar-refractivity contribution in [2.75, 3.05) is 5.32 Å². The highest BCUT2D eigenvalue weighted by atomic mass is 32.1. The van der Waals surface area contributed by atoms with E-state index >= 15 is 0 Å². The van der Waals surface area contributed by atoms with E-state index in [1.807, 2.05) is 12.1 Å². The Morgan fingerprint density at radius 3 is 2.55 bits per heavy atom. The third-order valence-electron chi connectivity index (χ3n) is 4.23. The number of aromatic carboxylic acids is 1. The number of anilines is 1. The molecule has 29 heavy (non-hydrogen) atoms. The first-order valence-electron chi connectivity index (χ1n) is 8.59. The van der Waals surface area contributed by atoms with Crippen molar-refractivity contribution in [1.82, 2.24) is 0 Å². The van der Waals surface area contributed by atoms with Crippen molar-refractivity contribution in [2.45, 2.75) is 0 Å². The molecular weight excluding hydrogens is 393 g/mol. The van der Waals surface area contributed by atoms with Crippen LogP contribution < -0.4 is 5.32 Å². The lowest BCUT2D eigenvalue weighted by atomic mass is 10.1. The number of carboxylic acid groups (broad SMARTS) is 1. The van der Waals surface area contributed by atoms with E-state index < -0.39 is 11.9 Å². The van der Waals surface area contributed by atoms with Crippen molar-refractivity contribution in [2.24, 2.45) is 0 Å². The monoisotopic (exact) mass is 407 g/mol.